The minimum absolute atomic E-state index is 0.115. The van der Waals surface area contributed by atoms with E-state index in [9.17, 15) is 4.79 Å². The van der Waals surface area contributed by atoms with Gasteiger partial charge in [-0.05, 0) is 32.6 Å². The lowest BCUT2D eigenvalue weighted by molar-refractivity contribution is 0.0856. The van der Waals surface area contributed by atoms with Crippen molar-refractivity contribution >= 4 is 11.9 Å². The normalized spacial score (nSPS) is 21.8. The van der Waals surface area contributed by atoms with Gasteiger partial charge in [0.05, 0.1) is 17.4 Å². The summed E-state index contributed by atoms with van der Waals surface area (Å²) in [6.07, 6.45) is 6.26. The number of nitrogens with zero attached hydrogens (tertiary/aromatic N) is 3. The minimum Gasteiger partial charge on any atom is -0.376 e. The summed E-state index contributed by atoms with van der Waals surface area (Å²) in [5.41, 5.74) is 1.28. The van der Waals surface area contributed by atoms with E-state index in [-0.39, 0.29) is 12.0 Å². The lowest BCUT2D eigenvalue weighted by Crippen LogP contribution is -2.32. The van der Waals surface area contributed by atoms with Gasteiger partial charge in [0.25, 0.3) is 5.91 Å². The molecule has 2 saturated heterocycles. The molecule has 114 valence electrons. The van der Waals surface area contributed by atoms with E-state index in [4.69, 9.17) is 4.74 Å². The number of carbonyl (C=O) groups is 1. The Kier molecular flexibility index (Phi) is 4.34. The molecule has 0 radical (unpaired) electrons. The van der Waals surface area contributed by atoms with Crippen molar-refractivity contribution in [3.05, 3.63) is 17.5 Å². The number of anilines is 1. The molecule has 1 aromatic heterocycles. The molecule has 0 spiro atoms. The molecule has 3 heterocycles. The van der Waals surface area contributed by atoms with Crippen LogP contribution in [0.1, 0.15) is 41.7 Å². The van der Waals surface area contributed by atoms with Crippen molar-refractivity contribution in [2.75, 3.05) is 31.1 Å². The standard InChI is InChI=1S/C15H22N4O2/c1-11-13(14(20)16-9-12-5-4-8-21-12)10-17-15(18-11)19-6-2-3-7-19/h10,12H,2-9H2,1H3,(H,16,20). The molecular weight excluding hydrogens is 268 g/mol. The van der Waals surface area contributed by atoms with Gasteiger partial charge in [-0.2, -0.15) is 0 Å². The van der Waals surface area contributed by atoms with Gasteiger partial charge in [0, 0.05) is 32.4 Å². The molecule has 1 atom stereocenters. The summed E-state index contributed by atoms with van der Waals surface area (Å²) in [5.74, 6) is 0.622. The van der Waals surface area contributed by atoms with E-state index in [1.807, 2.05) is 6.92 Å². The second-order valence-corrected chi connectivity index (χ2v) is 5.71. The number of amides is 1. The Hall–Kier alpha value is -1.69. The van der Waals surface area contributed by atoms with E-state index >= 15 is 0 Å². The van der Waals surface area contributed by atoms with Crippen LogP contribution in [-0.4, -0.2) is 48.2 Å². The van der Waals surface area contributed by atoms with E-state index in [1.165, 1.54) is 12.8 Å². The van der Waals surface area contributed by atoms with Crippen LogP contribution in [0.2, 0.25) is 0 Å². The lowest BCUT2D eigenvalue weighted by Gasteiger charge is -2.16. The van der Waals surface area contributed by atoms with Crippen LogP contribution in [-0.2, 0) is 4.74 Å². The fraction of sp³-hybridized carbons (Fsp3) is 0.667. The smallest absolute Gasteiger partial charge is 0.254 e. The van der Waals surface area contributed by atoms with E-state index in [0.29, 0.717) is 12.1 Å². The Morgan fingerprint density at radius 3 is 2.90 bits per heavy atom. The molecule has 6 heteroatoms. The Labute approximate surface area is 124 Å². The first kappa shape index (κ1) is 14.3. The van der Waals surface area contributed by atoms with Crippen molar-refractivity contribution in [3.63, 3.8) is 0 Å². The van der Waals surface area contributed by atoms with Crippen LogP contribution in [0.15, 0.2) is 6.20 Å². The summed E-state index contributed by atoms with van der Waals surface area (Å²) in [4.78, 5) is 23.2. The van der Waals surface area contributed by atoms with Gasteiger partial charge in [0.1, 0.15) is 0 Å². The Balaban J connectivity index is 1.62. The second kappa shape index (κ2) is 6.39. The molecule has 0 bridgehead atoms. The van der Waals surface area contributed by atoms with Gasteiger partial charge in [0.15, 0.2) is 0 Å². The SMILES string of the molecule is Cc1nc(N2CCCC2)ncc1C(=O)NCC1CCCO1. The van der Waals surface area contributed by atoms with Crippen molar-refractivity contribution in [3.8, 4) is 0 Å². The Bertz CT molecular complexity index is 508. The largest absolute Gasteiger partial charge is 0.376 e. The summed E-state index contributed by atoms with van der Waals surface area (Å²) in [6, 6.07) is 0. The van der Waals surface area contributed by atoms with Crippen LogP contribution in [0.5, 0.6) is 0 Å². The number of ether oxygens (including phenoxy) is 1. The van der Waals surface area contributed by atoms with Crippen molar-refractivity contribution in [2.24, 2.45) is 0 Å². The third kappa shape index (κ3) is 3.32. The molecule has 2 aliphatic rings. The molecule has 1 aromatic rings. The molecule has 0 aliphatic carbocycles. The minimum atomic E-state index is -0.115. The van der Waals surface area contributed by atoms with Crippen molar-refractivity contribution in [1.82, 2.24) is 15.3 Å². The van der Waals surface area contributed by atoms with Gasteiger partial charge in [-0.3, -0.25) is 4.79 Å². The number of nitrogens with one attached hydrogen (secondary N) is 1. The average molecular weight is 290 g/mol. The lowest BCUT2D eigenvalue weighted by atomic mass is 10.2. The first-order chi connectivity index (χ1) is 10.2. The zero-order valence-electron chi connectivity index (χ0n) is 12.5. The zero-order chi connectivity index (χ0) is 14.7. The molecule has 1 N–H and O–H groups in total. The van der Waals surface area contributed by atoms with Crippen molar-refractivity contribution in [1.29, 1.82) is 0 Å². The van der Waals surface area contributed by atoms with E-state index < -0.39 is 0 Å². The molecule has 0 aromatic carbocycles. The molecular formula is C15H22N4O2. The predicted octanol–water partition coefficient (Wildman–Crippen LogP) is 1.29. The topological polar surface area (TPSA) is 67.4 Å². The predicted molar refractivity (Wildman–Crippen MR) is 79.5 cm³/mol. The fourth-order valence-corrected chi connectivity index (χ4v) is 2.85. The van der Waals surface area contributed by atoms with Crippen LogP contribution >= 0.6 is 0 Å². The summed E-state index contributed by atoms with van der Waals surface area (Å²) in [6.45, 7) is 5.23. The van der Waals surface area contributed by atoms with Gasteiger partial charge in [-0.15, -0.1) is 0 Å². The van der Waals surface area contributed by atoms with E-state index in [2.05, 4.69) is 20.2 Å². The molecule has 1 amide bonds. The molecule has 21 heavy (non-hydrogen) atoms. The fourth-order valence-electron chi connectivity index (χ4n) is 2.85. The van der Waals surface area contributed by atoms with Crippen LogP contribution in [0.4, 0.5) is 5.95 Å². The van der Waals surface area contributed by atoms with Gasteiger partial charge in [-0.25, -0.2) is 9.97 Å². The first-order valence-electron chi connectivity index (χ1n) is 7.72. The number of aryl methyl sites for hydroxylation is 1. The van der Waals surface area contributed by atoms with Crippen molar-refractivity contribution < 1.29 is 9.53 Å². The monoisotopic (exact) mass is 290 g/mol. The highest BCUT2D eigenvalue weighted by Crippen LogP contribution is 2.17. The zero-order valence-corrected chi connectivity index (χ0v) is 12.5. The average Bonchev–Trinajstić information content (AvgIpc) is 3.18. The number of aromatic nitrogens is 2. The second-order valence-electron chi connectivity index (χ2n) is 5.71. The van der Waals surface area contributed by atoms with Crippen molar-refractivity contribution in [2.45, 2.75) is 38.7 Å². The molecule has 2 aliphatic heterocycles. The Morgan fingerprint density at radius 1 is 1.43 bits per heavy atom. The molecule has 0 saturated carbocycles. The van der Waals surface area contributed by atoms with Gasteiger partial charge in [0.2, 0.25) is 5.95 Å². The number of hydrogen-bond donors (Lipinski definition) is 1. The summed E-state index contributed by atoms with van der Waals surface area (Å²) in [5, 5.41) is 2.91. The first-order valence-corrected chi connectivity index (χ1v) is 7.72. The highest BCUT2D eigenvalue weighted by Gasteiger charge is 2.20. The Morgan fingerprint density at radius 2 is 2.24 bits per heavy atom. The quantitative estimate of drug-likeness (QED) is 0.905. The number of hydrogen-bond acceptors (Lipinski definition) is 5. The van der Waals surface area contributed by atoms with Gasteiger partial charge in [-0.1, -0.05) is 0 Å². The molecule has 2 fully saturated rings. The number of carbonyl (C=O) groups excluding carboxylic acids is 1. The molecule has 6 nitrogen and oxygen atoms in total. The maximum absolute atomic E-state index is 12.2. The summed E-state index contributed by atoms with van der Waals surface area (Å²) in [7, 11) is 0. The van der Waals surface area contributed by atoms with Crippen LogP contribution in [0.25, 0.3) is 0 Å². The van der Waals surface area contributed by atoms with Crippen LogP contribution < -0.4 is 10.2 Å². The van der Waals surface area contributed by atoms with Crippen LogP contribution in [0, 0.1) is 6.92 Å². The third-order valence-electron chi connectivity index (χ3n) is 4.11. The van der Waals surface area contributed by atoms with E-state index in [1.54, 1.807) is 6.20 Å². The highest BCUT2D eigenvalue weighted by molar-refractivity contribution is 5.95. The number of rotatable bonds is 4. The van der Waals surface area contributed by atoms with Gasteiger partial charge >= 0.3 is 0 Å². The molecule has 1 unspecified atom stereocenters. The van der Waals surface area contributed by atoms with Gasteiger partial charge < -0.3 is 15.0 Å². The maximum atomic E-state index is 12.2. The van der Waals surface area contributed by atoms with Crippen LogP contribution in [0.3, 0.4) is 0 Å². The molecule has 3 rings (SSSR count). The third-order valence-corrected chi connectivity index (χ3v) is 4.11. The summed E-state index contributed by atoms with van der Waals surface area (Å²) >= 11 is 0. The van der Waals surface area contributed by atoms with E-state index in [0.717, 1.165) is 44.2 Å². The maximum Gasteiger partial charge on any atom is 0.254 e. The summed E-state index contributed by atoms with van der Waals surface area (Å²) < 4.78 is 5.50. The highest BCUT2D eigenvalue weighted by atomic mass is 16.5.